The normalized spacial score (nSPS) is 17.0. The van der Waals surface area contributed by atoms with Crippen LogP contribution in [0.5, 0.6) is 0 Å². The fraction of sp³-hybridized carbons (Fsp3) is 1.00. The maximum Gasteiger partial charge on any atom is 0.0540 e. The van der Waals surface area contributed by atoms with E-state index >= 15 is 0 Å². The summed E-state index contributed by atoms with van der Waals surface area (Å²) in [4.78, 5) is 0. The van der Waals surface area contributed by atoms with Gasteiger partial charge in [-0.1, -0.05) is 19.3 Å². The summed E-state index contributed by atoms with van der Waals surface area (Å²) in [5.41, 5.74) is 0. The average Bonchev–Trinajstić information content (AvgIpc) is 1.87. The molecule has 0 unspecified atom stereocenters. The van der Waals surface area contributed by atoms with E-state index in [2.05, 4.69) is 0 Å². The molecule has 1 aliphatic rings. The summed E-state index contributed by atoms with van der Waals surface area (Å²) in [7, 11) is -2.92. The standard InChI is InChI=1S/C6H12O.BO3.Cu/c7-6-4-2-1-3-5-6;2-1(3)4;/h6-7H,1-5H2;;/q;-3;. The van der Waals surface area contributed by atoms with Gasteiger partial charge in [0.25, 0.3) is 0 Å². The molecule has 0 heterocycles. The SMILES string of the molecule is OC1CCCCC1.[Cu].[O-]B([O-])[O-]. The molecule has 0 spiro atoms. The van der Waals surface area contributed by atoms with Crippen LogP contribution >= 0.6 is 0 Å². The van der Waals surface area contributed by atoms with Gasteiger partial charge in [0.1, 0.15) is 0 Å². The van der Waals surface area contributed by atoms with E-state index in [1.807, 2.05) is 0 Å². The van der Waals surface area contributed by atoms with Crippen molar-refractivity contribution >= 4 is 7.32 Å². The van der Waals surface area contributed by atoms with Crippen molar-refractivity contribution < 1.29 is 37.2 Å². The molecule has 6 heteroatoms. The minimum absolute atomic E-state index is 0. The molecule has 0 atom stereocenters. The van der Waals surface area contributed by atoms with Gasteiger partial charge in [-0.3, -0.25) is 7.32 Å². The molecule has 0 saturated heterocycles. The third kappa shape index (κ3) is 13.0. The Morgan fingerprint density at radius 3 is 1.50 bits per heavy atom. The Labute approximate surface area is 83.3 Å². The van der Waals surface area contributed by atoms with Crippen molar-refractivity contribution in [1.82, 2.24) is 0 Å². The second-order valence-electron chi connectivity index (χ2n) is 2.58. The van der Waals surface area contributed by atoms with Gasteiger partial charge in [0.2, 0.25) is 0 Å². The van der Waals surface area contributed by atoms with Gasteiger partial charge in [-0.25, -0.2) is 0 Å². The van der Waals surface area contributed by atoms with E-state index in [4.69, 9.17) is 20.2 Å². The van der Waals surface area contributed by atoms with Crippen LogP contribution in [-0.4, -0.2) is 18.5 Å². The largest absolute Gasteiger partial charge is 0.907 e. The number of hydrogen-bond donors (Lipinski definition) is 1. The molecular weight excluding hydrogens is 210 g/mol. The van der Waals surface area contributed by atoms with Crippen molar-refractivity contribution in [2.75, 3.05) is 0 Å². The number of aliphatic hydroxyl groups excluding tert-OH is 1. The van der Waals surface area contributed by atoms with E-state index in [1.54, 1.807) is 0 Å². The molecule has 1 rings (SSSR count). The van der Waals surface area contributed by atoms with Crippen LogP contribution in [-0.2, 0) is 17.1 Å². The third-order valence-corrected chi connectivity index (χ3v) is 1.57. The Hall–Kier alpha value is 0.424. The Balaban J connectivity index is 0. The summed E-state index contributed by atoms with van der Waals surface area (Å²) >= 11 is 0. The van der Waals surface area contributed by atoms with Crippen LogP contribution in [0.3, 0.4) is 0 Å². The van der Waals surface area contributed by atoms with E-state index in [0.717, 1.165) is 12.8 Å². The van der Waals surface area contributed by atoms with Gasteiger partial charge in [-0.15, -0.1) is 0 Å². The molecule has 0 aromatic carbocycles. The molecule has 0 aromatic rings. The van der Waals surface area contributed by atoms with Crippen LogP contribution in [0.2, 0.25) is 0 Å². The van der Waals surface area contributed by atoms with E-state index in [0.29, 0.717) is 0 Å². The second kappa shape index (κ2) is 9.51. The molecule has 1 saturated carbocycles. The monoisotopic (exact) mass is 222 g/mol. The number of hydrogen-bond acceptors (Lipinski definition) is 4. The summed E-state index contributed by atoms with van der Waals surface area (Å²) < 4.78 is 0. The van der Waals surface area contributed by atoms with Crippen molar-refractivity contribution in [2.45, 2.75) is 38.2 Å². The topological polar surface area (TPSA) is 89.4 Å². The summed E-state index contributed by atoms with van der Waals surface area (Å²) in [6, 6.07) is 0. The van der Waals surface area contributed by atoms with Gasteiger partial charge in [0.15, 0.2) is 0 Å². The first-order valence-electron chi connectivity index (χ1n) is 3.78. The van der Waals surface area contributed by atoms with Gasteiger partial charge in [0.05, 0.1) is 6.10 Å². The number of aliphatic hydroxyl groups is 1. The summed E-state index contributed by atoms with van der Waals surface area (Å²) in [6.45, 7) is 0. The zero-order valence-corrected chi connectivity index (χ0v) is 7.61. The summed E-state index contributed by atoms with van der Waals surface area (Å²) in [6.07, 6.45) is 5.92. The van der Waals surface area contributed by atoms with E-state index in [1.165, 1.54) is 19.3 Å². The predicted octanol–water partition coefficient (Wildman–Crippen LogP) is -2.64. The molecule has 0 aromatic heterocycles. The van der Waals surface area contributed by atoms with Crippen LogP contribution in [0.4, 0.5) is 0 Å². The first-order valence-corrected chi connectivity index (χ1v) is 3.78. The third-order valence-electron chi connectivity index (χ3n) is 1.57. The number of rotatable bonds is 0. The average molecular weight is 223 g/mol. The molecule has 12 heavy (non-hydrogen) atoms. The zero-order chi connectivity index (χ0) is 8.69. The Bertz CT molecular complexity index is 84.9. The van der Waals surface area contributed by atoms with Crippen molar-refractivity contribution in [1.29, 1.82) is 0 Å². The predicted molar refractivity (Wildman–Crippen MR) is 34.8 cm³/mol. The smallest absolute Gasteiger partial charge is 0.0540 e. The van der Waals surface area contributed by atoms with Crippen LogP contribution in [0.15, 0.2) is 0 Å². The molecule has 77 valence electrons. The molecule has 4 nitrogen and oxygen atoms in total. The van der Waals surface area contributed by atoms with Crippen LogP contribution in [0.25, 0.3) is 0 Å². The second-order valence-corrected chi connectivity index (χ2v) is 2.58. The molecule has 0 amide bonds. The van der Waals surface area contributed by atoms with Gasteiger partial charge < -0.3 is 20.2 Å². The first-order chi connectivity index (χ1) is 5.13. The molecule has 0 aliphatic heterocycles. The Morgan fingerprint density at radius 2 is 1.33 bits per heavy atom. The molecule has 0 bridgehead atoms. The molecule has 1 fully saturated rings. The summed E-state index contributed by atoms with van der Waals surface area (Å²) in [5.74, 6) is 0. The zero-order valence-electron chi connectivity index (χ0n) is 6.66. The van der Waals surface area contributed by atoms with Crippen LogP contribution in [0.1, 0.15) is 32.1 Å². The van der Waals surface area contributed by atoms with Crippen molar-refractivity contribution in [2.24, 2.45) is 0 Å². The van der Waals surface area contributed by atoms with Crippen LogP contribution in [0, 0.1) is 0 Å². The van der Waals surface area contributed by atoms with Gasteiger partial charge in [-0.2, -0.15) is 0 Å². The summed E-state index contributed by atoms with van der Waals surface area (Å²) in [5, 5.41) is 34.2. The quantitative estimate of drug-likeness (QED) is 0.454. The maximum absolute atomic E-state index is 8.91. The van der Waals surface area contributed by atoms with Crippen molar-refractivity contribution in [3.63, 3.8) is 0 Å². The fourth-order valence-electron chi connectivity index (χ4n) is 1.08. The van der Waals surface area contributed by atoms with Gasteiger partial charge in [0, 0.05) is 17.1 Å². The Kier molecular flexibility index (Phi) is 11.8. The van der Waals surface area contributed by atoms with Crippen molar-refractivity contribution in [3.8, 4) is 0 Å². The first kappa shape index (κ1) is 14.9. The minimum Gasteiger partial charge on any atom is -0.907 e. The molecule has 1 N–H and O–H groups in total. The van der Waals surface area contributed by atoms with Crippen molar-refractivity contribution in [3.05, 3.63) is 0 Å². The minimum atomic E-state index is -2.92. The van der Waals surface area contributed by atoms with E-state index in [9.17, 15) is 0 Å². The van der Waals surface area contributed by atoms with Gasteiger partial charge in [-0.05, 0) is 12.8 Å². The molecular formula is C6H12BCuO4-3. The van der Waals surface area contributed by atoms with Crippen LogP contribution < -0.4 is 15.1 Å². The van der Waals surface area contributed by atoms with E-state index < -0.39 is 7.32 Å². The molecule has 1 radical (unpaired) electrons. The van der Waals surface area contributed by atoms with E-state index in [-0.39, 0.29) is 23.2 Å². The molecule has 1 aliphatic carbocycles. The fourth-order valence-corrected chi connectivity index (χ4v) is 1.08. The Morgan fingerprint density at radius 1 is 1.00 bits per heavy atom. The maximum atomic E-state index is 8.91. The van der Waals surface area contributed by atoms with Gasteiger partial charge >= 0.3 is 0 Å².